The predicted octanol–water partition coefficient (Wildman–Crippen LogP) is 0.408. The lowest BCUT2D eigenvalue weighted by molar-refractivity contribution is -0.148. The average Bonchev–Trinajstić information content (AvgIpc) is 2.16. The van der Waals surface area contributed by atoms with E-state index >= 15 is 0 Å². The van der Waals surface area contributed by atoms with E-state index in [1.807, 2.05) is 0 Å². The van der Waals surface area contributed by atoms with E-state index < -0.39 is 12.0 Å². The number of ether oxygens (including phenoxy) is 1. The highest BCUT2D eigenvalue weighted by atomic mass is 79.9. The quantitative estimate of drug-likeness (QED) is 0.565. The average molecular weight is 280 g/mol. The molecule has 1 atom stereocenters. The smallest absolute Gasteiger partial charge is 0.329 e. The van der Waals surface area contributed by atoms with Crippen LogP contribution in [0.3, 0.4) is 0 Å². The maximum atomic E-state index is 11.3. The molecule has 1 N–H and O–H groups in total. The fourth-order valence-corrected chi connectivity index (χ4v) is 1.19. The highest BCUT2D eigenvalue weighted by molar-refractivity contribution is 9.09. The van der Waals surface area contributed by atoms with Gasteiger partial charge in [0.1, 0.15) is 11.8 Å². The number of amides is 1. The maximum absolute atomic E-state index is 11.3. The van der Waals surface area contributed by atoms with Crippen LogP contribution in [0.4, 0.5) is 0 Å². The van der Waals surface area contributed by atoms with E-state index in [4.69, 9.17) is 4.74 Å². The topological polar surface area (TPSA) is 72.5 Å². The molecule has 15 heavy (non-hydrogen) atoms. The summed E-state index contributed by atoms with van der Waals surface area (Å²) >= 11 is 2.98. The lowest BCUT2D eigenvalue weighted by Crippen LogP contribution is -2.42. The molecule has 0 spiro atoms. The van der Waals surface area contributed by atoms with Crippen molar-refractivity contribution in [3.63, 3.8) is 0 Å². The van der Waals surface area contributed by atoms with Crippen molar-refractivity contribution in [1.29, 1.82) is 0 Å². The summed E-state index contributed by atoms with van der Waals surface area (Å²) in [6.45, 7) is 3.16. The molecule has 86 valence electrons. The van der Waals surface area contributed by atoms with Crippen LogP contribution in [0.2, 0.25) is 0 Å². The van der Waals surface area contributed by atoms with Crippen LogP contribution in [0.15, 0.2) is 0 Å². The molecule has 0 saturated carbocycles. The molecule has 1 amide bonds. The zero-order valence-electron chi connectivity index (χ0n) is 8.71. The molecule has 6 heteroatoms. The molecule has 0 rings (SSSR count). The van der Waals surface area contributed by atoms with Crippen LogP contribution >= 0.6 is 15.9 Å². The Kier molecular flexibility index (Phi) is 6.94. The Morgan fingerprint density at radius 3 is 2.40 bits per heavy atom. The zero-order valence-corrected chi connectivity index (χ0v) is 10.3. The monoisotopic (exact) mass is 279 g/mol. The van der Waals surface area contributed by atoms with Gasteiger partial charge < -0.3 is 10.1 Å². The third-order valence-electron chi connectivity index (χ3n) is 1.53. The fourth-order valence-electron chi connectivity index (χ4n) is 0.964. The number of rotatable bonds is 6. The van der Waals surface area contributed by atoms with Crippen molar-refractivity contribution in [2.45, 2.75) is 26.3 Å². The zero-order chi connectivity index (χ0) is 11.8. The van der Waals surface area contributed by atoms with E-state index in [0.717, 1.165) is 0 Å². The molecule has 0 aliphatic rings. The van der Waals surface area contributed by atoms with Crippen LogP contribution < -0.4 is 5.32 Å². The first-order valence-electron chi connectivity index (χ1n) is 4.52. The van der Waals surface area contributed by atoms with Gasteiger partial charge in [-0.25, -0.2) is 4.79 Å². The molecule has 0 bridgehead atoms. The minimum Gasteiger partial charge on any atom is -0.464 e. The molecule has 0 aromatic heterocycles. The summed E-state index contributed by atoms with van der Waals surface area (Å²) in [5.41, 5.74) is 0. The van der Waals surface area contributed by atoms with Gasteiger partial charge in [0.2, 0.25) is 5.91 Å². The second-order valence-corrected chi connectivity index (χ2v) is 3.44. The SMILES string of the molecule is CCOC(=O)C(CC(=O)CBr)NC(C)=O. The summed E-state index contributed by atoms with van der Waals surface area (Å²) in [5, 5.41) is 2.53. The van der Waals surface area contributed by atoms with E-state index in [1.54, 1.807) is 6.92 Å². The molecule has 0 saturated heterocycles. The van der Waals surface area contributed by atoms with Crippen molar-refractivity contribution < 1.29 is 19.1 Å². The van der Waals surface area contributed by atoms with Crippen LogP contribution in [0.1, 0.15) is 20.3 Å². The Morgan fingerprint density at radius 1 is 1.40 bits per heavy atom. The van der Waals surface area contributed by atoms with Gasteiger partial charge in [-0.1, -0.05) is 15.9 Å². The third-order valence-corrected chi connectivity index (χ3v) is 2.15. The second kappa shape index (κ2) is 7.39. The third kappa shape index (κ3) is 6.22. The highest BCUT2D eigenvalue weighted by Crippen LogP contribution is 1.99. The molecular formula is C9H14BrNO4. The van der Waals surface area contributed by atoms with E-state index in [1.165, 1.54) is 6.92 Å². The van der Waals surface area contributed by atoms with Crippen molar-refractivity contribution in [3.05, 3.63) is 0 Å². The predicted molar refractivity (Wildman–Crippen MR) is 57.7 cm³/mol. The van der Waals surface area contributed by atoms with E-state index in [-0.39, 0.29) is 30.0 Å². The molecule has 0 radical (unpaired) electrons. The van der Waals surface area contributed by atoms with Crippen LogP contribution in [-0.4, -0.2) is 35.6 Å². The summed E-state index contributed by atoms with van der Waals surface area (Å²) in [5.74, 6) is -1.11. The summed E-state index contributed by atoms with van der Waals surface area (Å²) in [6.07, 6.45) is -0.0519. The molecule has 0 heterocycles. The maximum Gasteiger partial charge on any atom is 0.329 e. The number of alkyl halides is 1. The van der Waals surface area contributed by atoms with Gasteiger partial charge in [0.15, 0.2) is 0 Å². The number of hydrogen-bond acceptors (Lipinski definition) is 4. The Morgan fingerprint density at radius 2 is 2.00 bits per heavy atom. The van der Waals surface area contributed by atoms with Gasteiger partial charge in [-0.15, -0.1) is 0 Å². The lowest BCUT2D eigenvalue weighted by atomic mass is 10.1. The Labute approximate surface area is 96.7 Å². The van der Waals surface area contributed by atoms with Crippen molar-refractivity contribution in [3.8, 4) is 0 Å². The van der Waals surface area contributed by atoms with Gasteiger partial charge in [-0.2, -0.15) is 0 Å². The lowest BCUT2D eigenvalue weighted by Gasteiger charge is -2.14. The summed E-state index contributed by atoms with van der Waals surface area (Å²) in [6, 6.07) is -0.882. The number of nitrogens with one attached hydrogen (secondary N) is 1. The minimum atomic E-state index is -0.882. The fraction of sp³-hybridized carbons (Fsp3) is 0.667. The molecule has 0 aromatic carbocycles. The van der Waals surface area contributed by atoms with Gasteiger partial charge in [0.25, 0.3) is 0 Å². The normalized spacial score (nSPS) is 11.7. The molecular weight excluding hydrogens is 266 g/mol. The molecule has 0 aromatic rings. The van der Waals surface area contributed by atoms with Crippen molar-refractivity contribution in [2.75, 3.05) is 11.9 Å². The first-order chi connectivity index (χ1) is 7.01. The standard InChI is InChI=1S/C9H14BrNO4/c1-3-15-9(14)8(11-6(2)12)4-7(13)5-10/h8H,3-5H2,1-2H3,(H,11,12). The summed E-state index contributed by atoms with van der Waals surface area (Å²) in [4.78, 5) is 33.2. The van der Waals surface area contributed by atoms with Crippen molar-refractivity contribution in [1.82, 2.24) is 5.32 Å². The number of carbonyl (C=O) groups excluding carboxylic acids is 3. The van der Waals surface area contributed by atoms with Gasteiger partial charge in [0.05, 0.1) is 11.9 Å². The first-order valence-corrected chi connectivity index (χ1v) is 5.64. The first kappa shape index (κ1) is 14.1. The van der Waals surface area contributed by atoms with Crippen LogP contribution in [0.25, 0.3) is 0 Å². The molecule has 5 nitrogen and oxygen atoms in total. The Bertz CT molecular complexity index is 254. The van der Waals surface area contributed by atoms with Crippen LogP contribution in [0, 0.1) is 0 Å². The van der Waals surface area contributed by atoms with Crippen LogP contribution in [-0.2, 0) is 19.1 Å². The van der Waals surface area contributed by atoms with Gasteiger partial charge in [-0.3, -0.25) is 9.59 Å². The number of esters is 1. The Hall–Kier alpha value is -0.910. The van der Waals surface area contributed by atoms with Gasteiger partial charge in [0, 0.05) is 13.3 Å². The van der Waals surface area contributed by atoms with Gasteiger partial charge >= 0.3 is 5.97 Å². The van der Waals surface area contributed by atoms with Crippen molar-refractivity contribution >= 4 is 33.6 Å². The van der Waals surface area contributed by atoms with E-state index in [2.05, 4.69) is 21.2 Å². The van der Waals surface area contributed by atoms with Crippen LogP contribution in [0.5, 0.6) is 0 Å². The number of carbonyl (C=O) groups is 3. The second-order valence-electron chi connectivity index (χ2n) is 2.88. The van der Waals surface area contributed by atoms with E-state index in [9.17, 15) is 14.4 Å². The molecule has 1 unspecified atom stereocenters. The molecule has 0 aliphatic heterocycles. The Balaban J connectivity index is 4.36. The number of hydrogen-bond donors (Lipinski definition) is 1. The number of Topliss-reactive ketones (excluding diaryl/α,β-unsaturated/α-hetero) is 1. The molecule has 0 fully saturated rings. The van der Waals surface area contributed by atoms with Crippen molar-refractivity contribution in [2.24, 2.45) is 0 Å². The van der Waals surface area contributed by atoms with Gasteiger partial charge in [-0.05, 0) is 6.92 Å². The molecule has 0 aliphatic carbocycles. The number of halogens is 1. The highest BCUT2D eigenvalue weighted by Gasteiger charge is 2.23. The minimum absolute atomic E-state index is 0.0519. The number of ketones is 1. The largest absolute Gasteiger partial charge is 0.464 e. The summed E-state index contributed by atoms with van der Waals surface area (Å²) < 4.78 is 4.73. The summed E-state index contributed by atoms with van der Waals surface area (Å²) in [7, 11) is 0. The van der Waals surface area contributed by atoms with E-state index in [0.29, 0.717) is 0 Å².